The molecular weight excluding hydrogens is 460 g/mol. The Bertz CT molecular complexity index is 1330. The summed E-state index contributed by atoms with van der Waals surface area (Å²) in [5, 5.41) is 32.8. The highest BCUT2D eigenvalue weighted by molar-refractivity contribution is 7.14. The number of hydrogen-bond donors (Lipinski definition) is 1. The Morgan fingerprint density at radius 3 is 2.67 bits per heavy atom. The number of hydrazone groups is 1. The standard InChI is InChI=1S/C23H18N4O4S2/c1-31-16-8-9-17(21(28)11-16)19-13-33-23(24-19)26-20(12-18(25-26)22-3-2-10-32-22)14-4-6-15(7-5-14)27(29)30/h2-11,13,20,28H,12H2,1H3/t20-/m1/s1. The zero-order valence-corrected chi connectivity index (χ0v) is 19.0. The second-order valence-corrected chi connectivity index (χ2v) is 9.12. The van der Waals surface area contributed by atoms with Crippen LogP contribution in [0.15, 0.2) is 70.5 Å². The van der Waals surface area contributed by atoms with E-state index in [0.29, 0.717) is 28.6 Å². The lowest BCUT2D eigenvalue weighted by atomic mass is 10.0. The van der Waals surface area contributed by atoms with Crippen LogP contribution in [0.25, 0.3) is 11.3 Å². The summed E-state index contributed by atoms with van der Waals surface area (Å²) < 4.78 is 5.16. The normalized spacial score (nSPS) is 15.5. The van der Waals surface area contributed by atoms with E-state index in [2.05, 4.69) is 0 Å². The van der Waals surface area contributed by atoms with Gasteiger partial charge in [0.15, 0.2) is 0 Å². The molecule has 1 aliphatic heterocycles. The molecule has 0 radical (unpaired) electrons. The maximum absolute atomic E-state index is 11.1. The molecule has 4 aromatic rings. The number of thiophene rings is 1. The molecule has 3 heterocycles. The molecule has 2 aromatic heterocycles. The average Bonchev–Trinajstić information content (AvgIpc) is 3.59. The van der Waals surface area contributed by atoms with Gasteiger partial charge in [0.05, 0.1) is 34.4 Å². The molecule has 0 unspecified atom stereocenters. The van der Waals surface area contributed by atoms with Gasteiger partial charge in [-0.3, -0.25) is 10.1 Å². The fourth-order valence-corrected chi connectivity index (χ4v) is 5.25. The summed E-state index contributed by atoms with van der Waals surface area (Å²) in [6.07, 6.45) is 0.654. The van der Waals surface area contributed by atoms with Crippen molar-refractivity contribution in [2.45, 2.75) is 12.5 Å². The van der Waals surface area contributed by atoms with Crippen LogP contribution in [0.3, 0.4) is 0 Å². The van der Waals surface area contributed by atoms with Gasteiger partial charge in [0.25, 0.3) is 5.69 Å². The van der Waals surface area contributed by atoms with Crippen LogP contribution in [0.1, 0.15) is 22.9 Å². The van der Waals surface area contributed by atoms with Crippen molar-refractivity contribution in [3.8, 4) is 22.8 Å². The van der Waals surface area contributed by atoms with Gasteiger partial charge in [0, 0.05) is 35.6 Å². The molecule has 1 N–H and O–H groups in total. The Kier molecular flexibility index (Phi) is 5.53. The van der Waals surface area contributed by atoms with Crippen molar-refractivity contribution in [1.82, 2.24) is 4.98 Å². The molecular formula is C23H18N4O4S2. The zero-order chi connectivity index (χ0) is 22.9. The van der Waals surface area contributed by atoms with E-state index >= 15 is 0 Å². The molecule has 0 aliphatic carbocycles. The van der Waals surface area contributed by atoms with Crippen molar-refractivity contribution in [2.24, 2.45) is 5.10 Å². The number of hydrogen-bond acceptors (Lipinski definition) is 9. The zero-order valence-electron chi connectivity index (χ0n) is 17.4. The van der Waals surface area contributed by atoms with Gasteiger partial charge in [-0.1, -0.05) is 18.2 Å². The van der Waals surface area contributed by atoms with Gasteiger partial charge in [-0.25, -0.2) is 9.99 Å². The number of nitrogens with zero attached hydrogens (tertiary/aromatic N) is 4. The van der Waals surface area contributed by atoms with Crippen LogP contribution in [0.2, 0.25) is 0 Å². The SMILES string of the molecule is COc1ccc(-c2csc(N3N=C(c4cccs4)C[C@@H]3c3ccc([N+](=O)[O-])cc3)n2)c(O)c1. The third-order valence-electron chi connectivity index (χ3n) is 5.37. The van der Waals surface area contributed by atoms with E-state index in [1.54, 1.807) is 48.8 Å². The van der Waals surface area contributed by atoms with Crippen molar-refractivity contribution in [3.63, 3.8) is 0 Å². The number of aromatic hydroxyl groups is 1. The van der Waals surface area contributed by atoms with Gasteiger partial charge in [0.1, 0.15) is 11.5 Å². The molecule has 33 heavy (non-hydrogen) atoms. The summed E-state index contributed by atoms with van der Waals surface area (Å²) in [6.45, 7) is 0. The highest BCUT2D eigenvalue weighted by Gasteiger charge is 2.32. The molecule has 0 fully saturated rings. The van der Waals surface area contributed by atoms with Crippen LogP contribution < -0.4 is 9.75 Å². The lowest BCUT2D eigenvalue weighted by molar-refractivity contribution is -0.384. The lowest BCUT2D eigenvalue weighted by Crippen LogP contribution is -2.18. The number of ether oxygens (including phenoxy) is 1. The molecule has 0 saturated heterocycles. The van der Waals surface area contributed by atoms with Crippen LogP contribution in [0, 0.1) is 10.1 Å². The number of rotatable bonds is 6. The number of anilines is 1. The molecule has 0 saturated carbocycles. The number of phenols is 1. The van der Waals surface area contributed by atoms with Crippen LogP contribution >= 0.6 is 22.7 Å². The predicted octanol–water partition coefficient (Wildman–Crippen LogP) is 5.85. The second kappa shape index (κ2) is 8.64. The first kappa shape index (κ1) is 21.1. The van der Waals surface area contributed by atoms with Crippen LogP contribution in [0.4, 0.5) is 10.8 Å². The van der Waals surface area contributed by atoms with E-state index in [4.69, 9.17) is 14.8 Å². The summed E-state index contributed by atoms with van der Waals surface area (Å²) in [6, 6.07) is 15.5. The quantitative estimate of drug-likeness (QED) is 0.276. The number of nitro groups is 1. The predicted molar refractivity (Wildman–Crippen MR) is 130 cm³/mol. The fraction of sp³-hybridized carbons (Fsp3) is 0.130. The maximum atomic E-state index is 11.1. The average molecular weight is 479 g/mol. The van der Waals surface area contributed by atoms with E-state index < -0.39 is 4.92 Å². The fourth-order valence-electron chi connectivity index (χ4n) is 3.70. The van der Waals surface area contributed by atoms with Crippen LogP contribution in [0.5, 0.6) is 11.5 Å². The summed E-state index contributed by atoms with van der Waals surface area (Å²) in [7, 11) is 1.55. The van der Waals surface area contributed by atoms with Crippen LogP contribution in [-0.2, 0) is 0 Å². The highest BCUT2D eigenvalue weighted by Crippen LogP contribution is 2.41. The second-order valence-electron chi connectivity index (χ2n) is 7.34. The van der Waals surface area contributed by atoms with Crippen molar-refractivity contribution in [1.29, 1.82) is 0 Å². The minimum Gasteiger partial charge on any atom is -0.507 e. The third kappa shape index (κ3) is 4.06. The molecule has 0 spiro atoms. The number of nitro benzene ring substituents is 1. The van der Waals surface area contributed by atoms with Gasteiger partial charge in [-0.05, 0) is 29.1 Å². The summed E-state index contributed by atoms with van der Waals surface area (Å²) in [5.74, 6) is 0.650. The molecule has 0 amide bonds. The van der Waals surface area contributed by atoms with Crippen molar-refractivity contribution in [3.05, 3.63) is 85.9 Å². The molecule has 2 aromatic carbocycles. The monoisotopic (exact) mass is 478 g/mol. The number of aromatic nitrogens is 1. The summed E-state index contributed by atoms with van der Waals surface area (Å²) in [5.41, 5.74) is 3.15. The van der Waals surface area contributed by atoms with Gasteiger partial charge >= 0.3 is 0 Å². The van der Waals surface area contributed by atoms with Crippen molar-refractivity contribution < 1.29 is 14.8 Å². The van der Waals surface area contributed by atoms with Gasteiger partial charge < -0.3 is 9.84 Å². The molecule has 10 heteroatoms. The Morgan fingerprint density at radius 1 is 1.18 bits per heavy atom. The smallest absolute Gasteiger partial charge is 0.269 e. The number of methoxy groups -OCH3 is 1. The molecule has 0 bridgehead atoms. The molecule has 8 nitrogen and oxygen atoms in total. The lowest BCUT2D eigenvalue weighted by Gasteiger charge is -2.21. The first-order chi connectivity index (χ1) is 16.0. The van der Waals surface area contributed by atoms with Crippen LogP contribution in [-0.4, -0.2) is 27.8 Å². The first-order valence-corrected chi connectivity index (χ1v) is 11.8. The summed E-state index contributed by atoms with van der Waals surface area (Å²) >= 11 is 3.05. The Morgan fingerprint density at radius 2 is 2.00 bits per heavy atom. The minimum atomic E-state index is -0.405. The maximum Gasteiger partial charge on any atom is 0.269 e. The van der Waals surface area contributed by atoms with E-state index in [-0.39, 0.29) is 17.5 Å². The van der Waals surface area contributed by atoms with Crippen molar-refractivity contribution >= 4 is 39.2 Å². The largest absolute Gasteiger partial charge is 0.507 e. The number of phenolic OH excluding ortho intramolecular Hbond substituents is 1. The van der Waals surface area contributed by atoms with Gasteiger partial charge in [0.2, 0.25) is 5.13 Å². The number of non-ortho nitro benzene ring substituents is 1. The first-order valence-electron chi connectivity index (χ1n) is 10.0. The van der Waals surface area contributed by atoms with E-state index in [1.807, 2.05) is 27.9 Å². The number of thiazole rings is 1. The van der Waals surface area contributed by atoms with E-state index in [9.17, 15) is 15.2 Å². The Labute approximate surface area is 197 Å². The highest BCUT2D eigenvalue weighted by atomic mass is 32.1. The van der Waals surface area contributed by atoms with E-state index in [0.717, 1.165) is 16.2 Å². The topological polar surface area (TPSA) is 101 Å². The molecule has 1 atom stereocenters. The van der Waals surface area contributed by atoms with E-state index in [1.165, 1.54) is 23.5 Å². The summed E-state index contributed by atoms with van der Waals surface area (Å²) in [4.78, 5) is 16.5. The van der Waals surface area contributed by atoms with Crippen molar-refractivity contribution in [2.75, 3.05) is 12.1 Å². The minimum absolute atomic E-state index is 0.0502. The molecule has 1 aliphatic rings. The van der Waals surface area contributed by atoms with Gasteiger partial charge in [-0.2, -0.15) is 5.10 Å². The third-order valence-corrected chi connectivity index (χ3v) is 7.12. The number of benzene rings is 2. The van der Waals surface area contributed by atoms with Gasteiger partial charge in [-0.15, -0.1) is 22.7 Å². The Balaban J connectivity index is 1.51. The molecule has 166 valence electrons. The molecule has 5 rings (SSSR count). The Hall–Kier alpha value is -3.76.